The molecule has 2 heterocycles. The van der Waals surface area contributed by atoms with Crippen molar-refractivity contribution in [1.82, 2.24) is 0 Å². The van der Waals surface area contributed by atoms with Crippen molar-refractivity contribution >= 4 is 17.1 Å². The maximum atomic E-state index is 4.30. The standard InChI is InChI=1S/C9H5N3/c1-2-4-8-6(3-1)7-5-10-12-9(7)11-8/h1-5H. The van der Waals surface area contributed by atoms with Crippen LogP contribution in [-0.4, -0.2) is 5.84 Å². The van der Waals surface area contributed by atoms with E-state index >= 15 is 0 Å². The number of nitrogens with zero attached hydrogens (tertiary/aromatic N) is 3. The normalized spacial score (nSPS) is 17.0. The van der Waals surface area contributed by atoms with Gasteiger partial charge in [0.15, 0.2) is 5.84 Å². The van der Waals surface area contributed by atoms with E-state index in [4.69, 9.17) is 0 Å². The van der Waals surface area contributed by atoms with Crippen molar-refractivity contribution in [3.63, 3.8) is 0 Å². The zero-order chi connectivity index (χ0) is 7.97. The van der Waals surface area contributed by atoms with Crippen LogP contribution in [0, 0.1) is 0 Å². The lowest BCUT2D eigenvalue weighted by atomic mass is 10.1. The summed E-state index contributed by atoms with van der Waals surface area (Å²) in [7, 11) is 0. The molecule has 0 atom stereocenters. The van der Waals surface area contributed by atoms with Gasteiger partial charge in [0.2, 0.25) is 0 Å². The fourth-order valence-corrected chi connectivity index (χ4v) is 1.44. The van der Waals surface area contributed by atoms with Crippen molar-refractivity contribution in [3.05, 3.63) is 36.0 Å². The van der Waals surface area contributed by atoms with E-state index in [-0.39, 0.29) is 0 Å². The summed E-state index contributed by atoms with van der Waals surface area (Å²) in [6.07, 6.45) is 1.75. The Hall–Kier alpha value is -1.77. The Morgan fingerprint density at radius 1 is 1.08 bits per heavy atom. The maximum Gasteiger partial charge on any atom is 0.184 e. The average molecular weight is 155 g/mol. The van der Waals surface area contributed by atoms with Crippen LogP contribution in [0.1, 0.15) is 5.56 Å². The number of azo groups is 1. The average Bonchev–Trinajstić information content (AvgIpc) is 2.62. The molecular formula is C9H5N3. The van der Waals surface area contributed by atoms with Gasteiger partial charge in [-0.05, 0) is 6.07 Å². The second-order valence-electron chi connectivity index (χ2n) is 2.71. The number of hydrogen-bond donors (Lipinski definition) is 0. The number of rotatable bonds is 0. The SMILES string of the molecule is C1=C2C(=Nc3ccccc32)N=N1. The first kappa shape index (κ1) is 5.83. The highest BCUT2D eigenvalue weighted by Gasteiger charge is 2.22. The van der Waals surface area contributed by atoms with Gasteiger partial charge >= 0.3 is 0 Å². The predicted molar refractivity (Wildman–Crippen MR) is 46.4 cm³/mol. The largest absolute Gasteiger partial charge is 0.226 e. The molecule has 3 nitrogen and oxygen atoms in total. The van der Waals surface area contributed by atoms with Crippen LogP contribution in [0.25, 0.3) is 5.57 Å². The lowest BCUT2D eigenvalue weighted by Gasteiger charge is -1.93. The summed E-state index contributed by atoms with van der Waals surface area (Å²) >= 11 is 0. The molecule has 2 aliphatic rings. The Bertz CT molecular complexity index is 441. The van der Waals surface area contributed by atoms with Crippen LogP contribution < -0.4 is 0 Å². The molecular weight excluding hydrogens is 150 g/mol. The summed E-state index contributed by atoms with van der Waals surface area (Å²) in [5.41, 5.74) is 3.18. The first-order valence-electron chi connectivity index (χ1n) is 3.75. The van der Waals surface area contributed by atoms with E-state index in [1.165, 1.54) is 0 Å². The minimum Gasteiger partial charge on any atom is -0.226 e. The fraction of sp³-hybridized carbons (Fsp3) is 0. The Morgan fingerprint density at radius 2 is 2.00 bits per heavy atom. The second kappa shape index (κ2) is 1.88. The van der Waals surface area contributed by atoms with Gasteiger partial charge < -0.3 is 0 Å². The molecule has 2 aliphatic heterocycles. The molecule has 56 valence electrons. The summed E-state index contributed by atoms with van der Waals surface area (Å²) in [4.78, 5) is 4.30. The van der Waals surface area contributed by atoms with E-state index in [2.05, 4.69) is 15.2 Å². The number of amidine groups is 1. The summed E-state index contributed by atoms with van der Waals surface area (Å²) in [6, 6.07) is 7.99. The van der Waals surface area contributed by atoms with Crippen molar-refractivity contribution in [2.75, 3.05) is 0 Å². The van der Waals surface area contributed by atoms with Crippen molar-refractivity contribution in [3.8, 4) is 0 Å². The van der Waals surface area contributed by atoms with Crippen molar-refractivity contribution in [1.29, 1.82) is 0 Å². The van der Waals surface area contributed by atoms with Crippen molar-refractivity contribution in [2.24, 2.45) is 15.2 Å². The van der Waals surface area contributed by atoms with Gasteiger partial charge in [-0.25, -0.2) is 4.99 Å². The van der Waals surface area contributed by atoms with Crippen LogP contribution in [0.2, 0.25) is 0 Å². The molecule has 0 N–H and O–H groups in total. The lowest BCUT2D eigenvalue weighted by molar-refractivity contribution is 1.31. The van der Waals surface area contributed by atoms with Crippen LogP contribution >= 0.6 is 0 Å². The third-order valence-electron chi connectivity index (χ3n) is 2.00. The molecule has 1 aromatic rings. The van der Waals surface area contributed by atoms with Gasteiger partial charge in [0, 0.05) is 5.56 Å². The fourth-order valence-electron chi connectivity index (χ4n) is 1.44. The van der Waals surface area contributed by atoms with Gasteiger partial charge in [0.05, 0.1) is 17.5 Å². The molecule has 0 bridgehead atoms. The van der Waals surface area contributed by atoms with Crippen molar-refractivity contribution in [2.45, 2.75) is 0 Å². The van der Waals surface area contributed by atoms with E-state index in [0.717, 1.165) is 22.7 Å². The first-order chi connectivity index (χ1) is 5.95. The number of aliphatic imine (C=N–C) groups is 1. The number of para-hydroxylation sites is 1. The Labute approximate surface area is 69.2 Å². The first-order valence-corrected chi connectivity index (χ1v) is 3.75. The Morgan fingerprint density at radius 3 is 3.00 bits per heavy atom. The maximum absolute atomic E-state index is 4.30. The van der Waals surface area contributed by atoms with Gasteiger partial charge in [-0.1, -0.05) is 18.2 Å². The highest BCUT2D eigenvalue weighted by molar-refractivity contribution is 6.29. The molecule has 0 aromatic heterocycles. The van der Waals surface area contributed by atoms with Crippen LogP contribution in [0.5, 0.6) is 0 Å². The molecule has 0 unspecified atom stereocenters. The summed E-state index contributed by atoms with van der Waals surface area (Å²) in [5.74, 6) is 0.746. The third kappa shape index (κ3) is 0.580. The quantitative estimate of drug-likeness (QED) is 0.552. The molecule has 0 saturated carbocycles. The highest BCUT2D eigenvalue weighted by atomic mass is 15.2. The summed E-state index contributed by atoms with van der Waals surface area (Å²) < 4.78 is 0. The van der Waals surface area contributed by atoms with Gasteiger partial charge in [-0.3, -0.25) is 0 Å². The zero-order valence-electron chi connectivity index (χ0n) is 6.23. The minimum atomic E-state index is 0.746. The van der Waals surface area contributed by atoms with Crippen molar-refractivity contribution < 1.29 is 0 Å². The highest BCUT2D eigenvalue weighted by Crippen LogP contribution is 2.36. The van der Waals surface area contributed by atoms with E-state index in [1.54, 1.807) is 6.20 Å². The zero-order valence-corrected chi connectivity index (χ0v) is 6.23. The van der Waals surface area contributed by atoms with E-state index < -0.39 is 0 Å². The van der Waals surface area contributed by atoms with E-state index in [1.807, 2.05) is 24.3 Å². The Balaban J connectivity index is 2.33. The molecule has 0 saturated heterocycles. The lowest BCUT2D eigenvalue weighted by Crippen LogP contribution is -1.85. The number of fused-ring (bicyclic) bond motifs is 3. The molecule has 1 aromatic carbocycles. The molecule has 3 heteroatoms. The Kier molecular flexibility index (Phi) is 0.913. The van der Waals surface area contributed by atoms with Gasteiger partial charge in [-0.15, -0.1) is 5.11 Å². The van der Waals surface area contributed by atoms with Crippen LogP contribution in [0.4, 0.5) is 5.69 Å². The smallest absolute Gasteiger partial charge is 0.184 e. The van der Waals surface area contributed by atoms with Crippen LogP contribution in [0.3, 0.4) is 0 Å². The predicted octanol–water partition coefficient (Wildman–Crippen LogP) is 2.54. The molecule has 0 amide bonds. The van der Waals surface area contributed by atoms with Gasteiger partial charge in [0.25, 0.3) is 0 Å². The second-order valence-corrected chi connectivity index (χ2v) is 2.71. The third-order valence-corrected chi connectivity index (χ3v) is 2.00. The molecule has 0 spiro atoms. The monoisotopic (exact) mass is 155 g/mol. The van der Waals surface area contributed by atoms with Gasteiger partial charge in [-0.2, -0.15) is 5.11 Å². The van der Waals surface area contributed by atoms with Crippen LogP contribution in [-0.2, 0) is 0 Å². The van der Waals surface area contributed by atoms with E-state index in [9.17, 15) is 0 Å². The van der Waals surface area contributed by atoms with E-state index in [0.29, 0.717) is 0 Å². The molecule has 12 heavy (non-hydrogen) atoms. The molecule has 0 aliphatic carbocycles. The molecule has 3 rings (SSSR count). The summed E-state index contributed by atoms with van der Waals surface area (Å²) in [6.45, 7) is 0. The number of hydrogen-bond acceptors (Lipinski definition) is 3. The molecule has 0 radical (unpaired) electrons. The minimum absolute atomic E-state index is 0.746. The molecule has 0 fully saturated rings. The summed E-state index contributed by atoms with van der Waals surface area (Å²) in [5, 5.41) is 7.69. The number of benzene rings is 1. The van der Waals surface area contributed by atoms with Crippen LogP contribution in [0.15, 0.2) is 45.7 Å². The topological polar surface area (TPSA) is 37.1 Å². The van der Waals surface area contributed by atoms with Gasteiger partial charge in [0.1, 0.15) is 0 Å².